The lowest BCUT2D eigenvalue weighted by Crippen LogP contribution is -2.39. The minimum atomic E-state index is 0.303. The van der Waals surface area contributed by atoms with Crippen LogP contribution in [0, 0.1) is 17.8 Å². The van der Waals surface area contributed by atoms with Gasteiger partial charge in [-0.15, -0.1) is 0 Å². The number of halogens is 2. The summed E-state index contributed by atoms with van der Waals surface area (Å²) in [5.74, 6) is 8.21. The van der Waals surface area contributed by atoms with E-state index in [0.717, 1.165) is 39.8 Å². The third kappa shape index (κ3) is 2.16. The van der Waals surface area contributed by atoms with Crippen molar-refractivity contribution >= 4 is 23.2 Å². The predicted octanol–water partition coefficient (Wildman–Crippen LogP) is 3.41. The number of rotatable bonds is 4. The molecule has 3 N–H and O–H groups in total. The highest BCUT2D eigenvalue weighted by atomic mass is 35.5. The van der Waals surface area contributed by atoms with Crippen LogP contribution in [0.4, 0.5) is 0 Å². The van der Waals surface area contributed by atoms with Crippen LogP contribution < -0.4 is 11.3 Å². The van der Waals surface area contributed by atoms with E-state index in [2.05, 4.69) is 5.43 Å². The van der Waals surface area contributed by atoms with E-state index in [9.17, 15) is 0 Å². The minimum Gasteiger partial charge on any atom is -0.271 e. The maximum absolute atomic E-state index is 6.22. The summed E-state index contributed by atoms with van der Waals surface area (Å²) in [7, 11) is 0. The number of benzene rings is 1. The van der Waals surface area contributed by atoms with Gasteiger partial charge in [-0.05, 0) is 54.7 Å². The van der Waals surface area contributed by atoms with Gasteiger partial charge in [0, 0.05) is 16.1 Å². The molecule has 18 heavy (non-hydrogen) atoms. The Morgan fingerprint density at radius 3 is 2.39 bits per heavy atom. The maximum Gasteiger partial charge on any atom is 0.0453 e. The van der Waals surface area contributed by atoms with E-state index in [1.807, 2.05) is 18.2 Å². The van der Waals surface area contributed by atoms with Crippen molar-refractivity contribution in [3.63, 3.8) is 0 Å². The summed E-state index contributed by atoms with van der Waals surface area (Å²) in [5, 5.41) is 1.49. The van der Waals surface area contributed by atoms with E-state index in [4.69, 9.17) is 29.0 Å². The first-order chi connectivity index (χ1) is 8.72. The van der Waals surface area contributed by atoms with Crippen LogP contribution >= 0.6 is 23.2 Å². The lowest BCUT2D eigenvalue weighted by molar-refractivity contribution is 0.410. The van der Waals surface area contributed by atoms with Crippen molar-refractivity contribution in [2.45, 2.75) is 31.7 Å². The summed E-state index contributed by atoms with van der Waals surface area (Å²) >= 11 is 12.4. The molecule has 2 aliphatic rings. The zero-order valence-corrected chi connectivity index (χ0v) is 11.7. The van der Waals surface area contributed by atoms with Crippen LogP contribution in [-0.4, -0.2) is 6.04 Å². The third-order valence-electron chi connectivity index (χ3n) is 4.64. The monoisotopic (exact) mass is 284 g/mol. The Kier molecular flexibility index (Phi) is 3.55. The maximum atomic E-state index is 6.22. The van der Waals surface area contributed by atoms with Gasteiger partial charge in [-0.1, -0.05) is 35.7 Å². The first kappa shape index (κ1) is 12.7. The highest BCUT2D eigenvalue weighted by molar-refractivity contribution is 6.36. The lowest BCUT2D eigenvalue weighted by atomic mass is 9.97. The molecule has 1 aromatic rings. The molecule has 2 saturated carbocycles. The molecule has 3 unspecified atom stereocenters. The fourth-order valence-electron chi connectivity index (χ4n) is 3.73. The Bertz CT molecular complexity index is 419. The molecule has 3 rings (SSSR count). The second kappa shape index (κ2) is 5.01. The van der Waals surface area contributed by atoms with E-state index in [0.29, 0.717) is 6.04 Å². The van der Waals surface area contributed by atoms with Gasteiger partial charge >= 0.3 is 0 Å². The van der Waals surface area contributed by atoms with Crippen LogP contribution in [-0.2, 0) is 6.42 Å². The number of hydrogen-bond donors (Lipinski definition) is 2. The van der Waals surface area contributed by atoms with Crippen molar-refractivity contribution in [2.75, 3.05) is 0 Å². The molecule has 98 valence electrons. The Morgan fingerprint density at radius 1 is 1.22 bits per heavy atom. The van der Waals surface area contributed by atoms with Crippen LogP contribution in [0.2, 0.25) is 10.0 Å². The smallest absolute Gasteiger partial charge is 0.0453 e. The molecule has 0 amide bonds. The second-order valence-electron chi connectivity index (χ2n) is 5.51. The van der Waals surface area contributed by atoms with Crippen LogP contribution in [0.1, 0.15) is 24.8 Å². The minimum absolute atomic E-state index is 0.303. The molecule has 0 bridgehead atoms. The van der Waals surface area contributed by atoms with E-state index in [1.165, 1.54) is 19.3 Å². The number of hydrazine groups is 1. The summed E-state index contributed by atoms with van der Waals surface area (Å²) in [6.07, 6.45) is 4.94. The van der Waals surface area contributed by atoms with Crippen molar-refractivity contribution in [3.05, 3.63) is 33.8 Å². The normalized spacial score (nSPS) is 31.2. The second-order valence-corrected chi connectivity index (χ2v) is 6.33. The average molecular weight is 285 g/mol. The first-order valence-corrected chi connectivity index (χ1v) is 7.37. The van der Waals surface area contributed by atoms with Gasteiger partial charge < -0.3 is 0 Å². The topological polar surface area (TPSA) is 38.0 Å². The SMILES string of the molecule is NNC(Cc1c(Cl)cccc1Cl)C1C2CCCC21. The Balaban J connectivity index is 1.74. The van der Waals surface area contributed by atoms with Gasteiger partial charge in [-0.2, -0.15) is 0 Å². The zero-order chi connectivity index (χ0) is 12.7. The number of hydrogen-bond acceptors (Lipinski definition) is 2. The number of nitrogens with two attached hydrogens (primary N) is 1. The van der Waals surface area contributed by atoms with Crippen LogP contribution in [0.15, 0.2) is 18.2 Å². The standard InChI is InChI=1S/C14H18Cl2N2/c15-11-5-2-6-12(16)10(11)7-13(18-17)14-8-3-1-4-9(8)14/h2,5-6,8-9,13-14,18H,1,3-4,7,17H2. The molecule has 2 aliphatic carbocycles. The molecule has 2 nitrogen and oxygen atoms in total. The van der Waals surface area contributed by atoms with Crippen LogP contribution in [0.25, 0.3) is 0 Å². The van der Waals surface area contributed by atoms with Gasteiger partial charge in [0.15, 0.2) is 0 Å². The molecule has 0 spiro atoms. The van der Waals surface area contributed by atoms with Crippen molar-refractivity contribution in [1.82, 2.24) is 5.43 Å². The van der Waals surface area contributed by atoms with E-state index < -0.39 is 0 Å². The zero-order valence-electron chi connectivity index (χ0n) is 10.2. The van der Waals surface area contributed by atoms with Crippen molar-refractivity contribution in [2.24, 2.45) is 23.6 Å². The highest BCUT2D eigenvalue weighted by Gasteiger charge is 2.55. The Hall–Kier alpha value is -0.280. The summed E-state index contributed by atoms with van der Waals surface area (Å²) in [4.78, 5) is 0. The van der Waals surface area contributed by atoms with Crippen molar-refractivity contribution in [3.8, 4) is 0 Å². The van der Waals surface area contributed by atoms with Crippen molar-refractivity contribution < 1.29 is 0 Å². The van der Waals surface area contributed by atoms with Gasteiger partial charge in [0.1, 0.15) is 0 Å². The molecule has 0 aromatic heterocycles. The number of nitrogens with one attached hydrogen (secondary N) is 1. The Morgan fingerprint density at radius 2 is 1.83 bits per heavy atom. The van der Waals surface area contributed by atoms with E-state index >= 15 is 0 Å². The summed E-state index contributed by atoms with van der Waals surface area (Å²) in [5.41, 5.74) is 4.00. The summed E-state index contributed by atoms with van der Waals surface area (Å²) in [6, 6.07) is 5.97. The molecule has 3 atom stereocenters. The summed E-state index contributed by atoms with van der Waals surface area (Å²) < 4.78 is 0. The van der Waals surface area contributed by atoms with Crippen LogP contribution in [0.3, 0.4) is 0 Å². The van der Waals surface area contributed by atoms with Gasteiger partial charge in [-0.3, -0.25) is 11.3 Å². The third-order valence-corrected chi connectivity index (χ3v) is 5.35. The number of fused-ring (bicyclic) bond motifs is 1. The quantitative estimate of drug-likeness (QED) is 0.657. The molecular formula is C14H18Cl2N2. The molecule has 0 aliphatic heterocycles. The molecule has 4 heteroatoms. The molecule has 0 radical (unpaired) electrons. The predicted molar refractivity (Wildman–Crippen MR) is 75.6 cm³/mol. The molecular weight excluding hydrogens is 267 g/mol. The lowest BCUT2D eigenvalue weighted by Gasteiger charge is -2.19. The van der Waals surface area contributed by atoms with Crippen molar-refractivity contribution in [1.29, 1.82) is 0 Å². The van der Waals surface area contributed by atoms with Gasteiger partial charge in [0.2, 0.25) is 0 Å². The van der Waals surface area contributed by atoms with E-state index in [-0.39, 0.29) is 0 Å². The Labute approximate surface area is 118 Å². The van der Waals surface area contributed by atoms with Crippen LogP contribution in [0.5, 0.6) is 0 Å². The molecule has 0 heterocycles. The first-order valence-electron chi connectivity index (χ1n) is 6.61. The molecule has 0 saturated heterocycles. The van der Waals surface area contributed by atoms with Gasteiger partial charge in [0.25, 0.3) is 0 Å². The fourth-order valence-corrected chi connectivity index (χ4v) is 4.28. The molecule has 1 aromatic carbocycles. The largest absolute Gasteiger partial charge is 0.271 e. The fraction of sp³-hybridized carbons (Fsp3) is 0.571. The summed E-state index contributed by atoms with van der Waals surface area (Å²) in [6.45, 7) is 0. The van der Waals surface area contributed by atoms with Gasteiger partial charge in [-0.25, -0.2) is 0 Å². The van der Waals surface area contributed by atoms with E-state index in [1.54, 1.807) is 0 Å². The highest BCUT2D eigenvalue weighted by Crippen LogP contribution is 2.59. The van der Waals surface area contributed by atoms with Gasteiger partial charge in [0.05, 0.1) is 0 Å². The average Bonchev–Trinajstić information content (AvgIpc) is 2.83. The molecule has 2 fully saturated rings.